The van der Waals surface area contributed by atoms with Gasteiger partial charge in [-0.15, -0.1) is 0 Å². The van der Waals surface area contributed by atoms with Gasteiger partial charge in [-0.05, 0) is 69.1 Å². The number of esters is 4. The lowest BCUT2D eigenvalue weighted by molar-refractivity contribution is -0.161. The first-order valence-corrected chi connectivity index (χ1v) is 42.2. The van der Waals surface area contributed by atoms with Crippen LogP contribution >= 0.6 is 15.6 Å². The number of aliphatic hydroxyl groups is 1. The number of carbonyl (C=O) groups is 4. The lowest BCUT2D eigenvalue weighted by atomic mass is 10.0. The van der Waals surface area contributed by atoms with Gasteiger partial charge in [0.15, 0.2) is 12.2 Å². The number of carbonyl (C=O) groups excluding carboxylic acids is 4. The molecule has 0 saturated carbocycles. The van der Waals surface area contributed by atoms with Gasteiger partial charge in [-0.25, -0.2) is 9.13 Å². The van der Waals surface area contributed by atoms with Crippen LogP contribution in [0.2, 0.25) is 0 Å². The summed E-state index contributed by atoms with van der Waals surface area (Å²) in [5.74, 6) is 0.118. The zero-order chi connectivity index (χ0) is 70.9. The van der Waals surface area contributed by atoms with Crippen LogP contribution in [0.15, 0.2) is 24.3 Å². The summed E-state index contributed by atoms with van der Waals surface area (Å²) in [6, 6.07) is 0. The van der Waals surface area contributed by atoms with Gasteiger partial charge in [0.1, 0.15) is 19.3 Å². The molecule has 0 aromatic rings. The van der Waals surface area contributed by atoms with Crippen LogP contribution in [0, 0.1) is 17.8 Å². The molecule has 17 nitrogen and oxygen atoms in total. The number of ether oxygens (including phenoxy) is 4. The molecule has 0 fully saturated rings. The molecule has 0 aliphatic rings. The van der Waals surface area contributed by atoms with Crippen molar-refractivity contribution in [2.45, 2.75) is 388 Å². The second-order valence-electron chi connectivity index (χ2n) is 28.5. The maximum atomic E-state index is 13.1. The van der Waals surface area contributed by atoms with Crippen molar-refractivity contribution in [2.24, 2.45) is 17.8 Å². The van der Waals surface area contributed by atoms with E-state index in [2.05, 4.69) is 72.8 Å². The molecule has 0 aromatic carbocycles. The lowest BCUT2D eigenvalue weighted by Gasteiger charge is -2.21. The summed E-state index contributed by atoms with van der Waals surface area (Å²) in [4.78, 5) is 72.8. The molecular formula is C77H146O17P2. The van der Waals surface area contributed by atoms with Gasteiger partial charge in [-0.2, -0.15) is 0 Å². The minimum Gasteiger partial charge on any atom is -0.462 e. The molecule has 0 radical (unpaired) electrons. The highest BCUT2D eigenvalue weighted by molar-refractivity contribution is 7.47. The number of hydrogen-bond acceptors (Lipinski definition) is 15. The van der Waals surface area contributed by atoms with Crippen molar-refractivity contribution < 1.29 is 80.2 Å². The second-order valence-corrected chi connectivity index (χ2v) is 31.4. The highest BCUT2D eigenvalue weighted by Crippen LogP contribution is 2.45. The molecule has 566 valence electrons. The Morgan fingerprint density at radius 2 is 0.562 bits per heavy atom. The van der Waals surface area contributed by atoms with Crippen molar-refractivity contribution in [1.29, 1.82) is 0 Å². The summed E-state index contributed by atoms with van der Waals surface area (Å²) < 4.78 is 68.5. The fourth-order valence-corrected chi connectivity index (χ4v) is 12.8. The molecule has 0 spiro atoms. The first kappa shape index (κ1) is 93.5. The van der Waals surface area contributed by atoms with E-state index in [1.165, 1.54) is 161 Å². The first-order chi connectivity index (χ1) is 46.2. The summed E-state index contributed by atoms with van der Waals surface area (Å²) in [7, 11) is -9.93. The molecule has 0 bridgehead atoms. The Balaban J connectivity index is 5.28. The average molecular weight is 1410 g/mol. The van der Waals surface area contributed by atoms with Crippen molar-refractivity contribution in [2.75, 3.05) is 39.6 Å². The number of hydrogen-bond donors (Lipinski definition) is 3. The van der Waals surface area contributed by atoms with Crippen LogP contribution in [0.4, 0.5) is 0 Å². The van der Waals surface area contributed by atoms with E-state index in [1.54, 1.807) is 0 Å². The Morgan fingerprint density at radius 3 is 0.844 bits per heavy atom. The maximum Gasteiger partial charge on any atom is 0.472 e. The predicted octanol–water partition coefficient (Wildman–Crippen LogP) is 22.1. The Hall–Kier alpha value is -2.46. The summed E-state index contributed by atoms with van der Waals surface area (Å²) >= 11 is 0. The zero-order valence-electron chi connectivity index (χ0n) is 62.3. The Kier molecular flexibility index (Phi) is 65.3. The number of phosphoric ester groups is 2. The van der Waals surface area contributed by atoms with E-state index in [9.17, 15) is 43.2 Å². The normalized spacial score (nSPS) is 14.2. The number of unbranched alkanes of at least 4 members (excludes halogenated alkanes) is 38. The molecule has 3 N–H and O–H groups in total. The number of rotatable bonds is 73. The quantitative estimate of drug-likeness (QED) is 0.0169. The van der Waals surface area contributed by atoms with Crippen LogP contribution in [-0.2, 0) is 65.4 Å². The minimum absolute atomic E-state index is 0.0846. The van der Waals surface area contributed by atoms with Crippen molar-refractivity contribution in [3.63, 3.8) is 0 Å². The molecule has 19 heteroatoms. The van der Waals surface area contributed by atoms with Gasteiger partial charge in [0.25, 0.3) is 0 Å². The molecule has 0 rings (SSSR count). The van der Waals surface area contributed by atoms with Crippen LogP contribution < -0.4 is 0 Å². The molecule has 0 aromatic heterocycles. The van der Waals surface area contributed by atoms with E-state index >= 15 is 0 Å². The van der Waals surface area contributed by atoms with E-state index in [1.807, 2.05) is 0 Å². The largest absolute Gasteiger partial charge is 0.472 e. The predicted molar refractivity (Wildman–Crippen MR) is 390 cm³/mol. The number of allylic oxidation sites excluding steroid dienone is 4. The second kappa shape index (κ2) is 67.1. The fourth-order valence-electron chi connectivity index (χ4n) is 11.2. The number of phosphoric acid groups is 2. The molecule has 0 heterocycles. The van der Waals surface area contributed by atoms with E-state index in [0.717, 1.165) is 121 Å². The highest BCUT2D eigenvalue weighted by Gasteiger charge is 2.30. The molecule has 3 unspecified atom stereocenters. The van der Waals surface area contributed by atoms with Gasteiger partial charge in [-0.3, -0.25) is 37.3 Å². The molecule has 5 atom stereocenters. The maximum absolute atomic E-state index is 13.1. The van der Waals surface area contributed by atoms with Crippen molar-refractivity contribution in [3.05, 3.63) is 24.3 Å². The van der Waals surface area contributed by atoms with Crippen molar-refractivity contribution in [1.82, 2.24) is 0 Å². The topological polar surface area (TPSA) is 237 Å². The summed E-state index contributed by atoms with van der Waals surface area (Å²) in [5.41, 5.74) is 0. The highest BCUT2D eigenvalue weighted by atomic mass is 31.2. The monoisotopic (exact) mass is 1410 g/mol. The summed E-state index contributed by atoms with van der Waals surface area (Å²) in [6.07, 6.45) is 56.3. The third kappa shape index (κ3) is 70.0. The van der Waals surface area contributed by atoms with Crippen LogP contribution in [0.25, 0.3) is 0 Å². The first-order valence-electron chi connectivity index (χ1n) is 39.2. The van der Waals surface area contributed by atoms with Crippen molar-refractivity contribution in [3.8, 4) is 0 Å². The van der Waals surface area contributed by atoms with Gasteiger partial charge >= 0.3 is 39.5 Å². The van der Waals surface area contributed by atoms with Crippen LogP contribution in [0.5, 0.6) is 0 Å². The number of aliphatic hydroxyl groups excluding tert-OH is 1. The standard InChI is InChI=1S/C77H146O17P2/c1-8-9-10-11-12-13-14-15-16-20-25-31-38-46-53-60-76(81)93-72(64-87-74(79)58-51-44-37-30-27-22-24-29-35-42-49-56-69(4)5)66-91-95(83,84)89-62-71(78)63-90-96(85,86)92-67-73(65-88-75(80)59-52-45-40-33-36-43-50-57-70(6)7)94-77(82)61-54-47-39-32-26-21-18-17-19-23-28-34-41-48-55-68(2)3/h13-16,68-73,78H,8-12,17-67H2,1-7H3,(H,83,84)(H,85,86)/b14-13-,16-15-/t71?,72-,73-/m1/s1. The SMILES string of the molecule is CCCCCC/C=C\C=C/CCCCCCCC(=O)O[C@H](COC(=O)CCCCCCCCCCCCCC(C)C)COP(=O)(O)OCC(O)COP(=O)(O)OC[C@@H](COC(=O)CCCCCCCCCC(C)C)OC(=O)CCCCCCCCCCCCCCCCC(C)C. The Morgan fingerprint density at radius 1 is 0.323 bits per heavy atom. The molecule has 96 heavy (non-hydrogen) atoms. The van der Waals surface area contributed by atoms with Gasteiger partial charge in [0.2, 0.25) is 0 Å². The molecular weight excluding hydrogens is 1260 g/mol. The molecule has 0 aliphatic heterocycles. The Labute approximate surface area is 586 Å². The lowest BCUT2D eigenvalue weighted by Crippen LogP contribution is -2.30. The molecule has 0 aliphatic carbocycles. The van der Waals surface area contributed by atoms with Gasteiger partial charge in [0.05, 0.1) is 26.4 Å². The van der Waals surface area contributed by atoms with Crippen LogP contribution in [0.3, 0.4) is 0 Å². The van der Waals surface area contributed by atoms with Gasteiger partial charge in [-0.1, -0.05) is 317 Å². The van der Waals surface area contributed by atoms with E-state index in [4.69, 9.17) is 37.0 Å². The summed E-state index contributed by atoms with van der Waals surface area (Å²) in [6.45, 7) is 11.8. The third-order valence-corrected chi connectivity index (χ3v) is 19.2. The third-order valence-electron chi connectivity index (χ3n) is 17.3. The van der Waals surface area contributed by atoms with Crippen LogP contribution in [-0.4, -0.2) is 96.7 Å². The summed E-state index contributed by atoms with van der Waals surface area (Å²) in [5, 5.41) is 10.6. The van der Waals surface area contributed by atoms with Gasteiger partial charge in [0, 0.05) is 25.7 Å². The fraction of sp³-hybridized carbons (Fsp3) is 0.896. The van der Waals surface area contributed by atoms with E-state index < -0.39 is 97.5 Å². The minimum atomic E-state index is -4.97. The molecule has 0 amide bonds. The van der Waals surface area contributed by atoms with E-state index in [-0.39, 0.29) is 25.7 Å². The smallest absolute Gasteiger partial charge is 0.462 e. The van der Waals surface area contributed by atoms with Gasteiger partial charge < -0.3 is 33.8 Å². The van der Waals surface area contributed by atoms with E-state index in [0.29, 0.717) is 31.6 Å². The van der Waals surface area contributed by atoms with Crippen molar-refractivity contribution >= 4 is 39.5 Å². The zero-order valence-corrected chi connectivity index (χ0v) is 64.1. The Bertz CT molecular complexity index is 1960. The average Bonchev–Trinajstić information content (AvgIpc) is 1.18. The molecule has 0 saturated heterocycles. The van der Waals surface area contributed by atoms with Crippen LogP contribution in [0.1, 0.15) is 370 Å².